The zero-order chi connectivity index (χ0) is 11.4. The van der Waals surface area contributed by atoms with E-state index < -0.39 is 0 Å². The minimum Gasteiger partial charge on any atom is -0.381 e. The Bertz CT molecular complexity index is 199. The zero-order valence-electron chi connectivity index (χ0n) is 10.5. The molecule has 2 fully saturated rings. The van der Waals surface area contributed by atoms with Gasteiger partial charge in [-0.05, 0) is 26.7 Å². The molecule has 0 saturated carbocycles. The minimum atomic E-state index is 0.704. The highest BCUT2D eigenvalue weighted by Crippen LogP contribution is 2.26. The van der Waals surface area contributed by atoms with Crippen LogP contribution in [0, 0.1) is 0 Å². The molecular formula is C12H24N2OS. The van der Waals surface area contributed by atoms with Gasteiger partial charge in [-0.2, -0.15) is 0 Å². The maximum Gasteiger partial charge on any atom is 0.0477 e. The molecule has 0 unspecified atom stereocenters. The highest BCUT2D eigenvalue weighted by atomic mass is 32.2. The van der Waals surface area contributed by atoms with E-state index in [4.69, 9.17) is 4.74 Å². The number of nitrogens with zero attached hydrogens (tertiary/aromatic N) is 2. The predicted molar refractivity (Wildman–Crippen MR) is 69.7 cm³/mol. The molecule has 0 radical (unpaired) electrons. The van der Waals surface area contributed by atoms with Crippen molar-refractivity contribution in [2.24, 2.45) is 0 Å². The molecule has 4 heteroatoms. The van der Waals surface area contributed by atoms with Gasteiger partial charge in [-0.15, -0.1) is 0 Å². The maximum absolute atomic E-state index is 5.40. The lowest BCUT2D eigenvalue weighted by Gasteiger charge is -2.38. The average Bonchev–Trinajstić information content (AvgIpc) is 2.31. The molecule has 16 heavy (non-hydrogen) atoms. The largest absolute Gasteiger partial charge is 0.381 e. The average molecular weight is 244 g/mol. The van der Waals surface area contributed by atoms with E-state index in [1.54, 1.807) is 0 Å². The van der Waals surface area contributed by atoms with Crippen molar-refractivity contribution in [2.45, 2.75) is 38.0 Å². The van der Waals surface area contributed by atoms with Crippen molar-refractivity contribution >= 4 is 11.9 Å². The third-order valence-electron chi connectivity index (χ3n) is 3.47. The summed E-state index contributed by atoms with van der Waals surface area (Å²) in [5.74, 6) is 0. The number of hydrogen-bond donors (Lipinski definition) is 0. The fourth-order valence-corrected chi connectivity index (χ4v) is 3.52. The van der Waals surface area contributed by atoms with Gasteiger partial charge in [-0.1, -0.05) is 11.9 Å². The van der Waals surface area contributed by atoms with E-state index in [0.29, 0.717) is 6.04 Å². The van der Waals surface area contributed by atoms with Crippen LogP contribution in [-0.4, -0.2) is 59.9 Å². The van der Waals surface area contributed by atoms with Gasteiger partial charge in [0.1, 0.15) is 0 Å². The van der Waals surface area contributed by atoms with Gasteiger partial charge in [0.2, 0.25) is 0 Å². The summed E-state index contributed by atoms with van der Waals surface area (Å²) in [7, 11) is 0. The Morgan fingerprint density at radius 1 is 1.06 bits per heavy atom. The van der Waals surface area contributed by atoms with Crippen LogP contribution in [0.25, 0.3) is 0 Å². The molecule has 2 saturated heterocycles. The van der Waals surface area contributed by atoms with Crippen LogP contribution in [0.15, 0.2) is 0 Å². The van der Waals surface area contributed by atoms with Gasteiger partial charge in [0, 0.05) is 50.7 Å². The fraction of sp³-hybridized carbons (Fsp3) is 1.00. The van der Waals surface area contributed by atoms with Gasteiger partial charge in [-0.3, -0.25) is 4.90 Å². The molecule has 0 aromatic heterocycles. The van der Waals surface area contributed by atoms with Crippen molar-refractivity contribution in [3.8, 4) is 0 Å². The van der Waals surface area contributed by atoms with Crippen LogP contribution in [0.2, 0.25) is 0 Å². The summed E-state index contributed by atoms with van der Waals surface area (Å²) in [6, 6.07) is 0.704. The van der Waals surface area contributed by atoms with Gasteiger partial charge in [0.15, 0.2) is 0 Å². The van der Waals surface area contributed by atoms with Gasteiger partial charge in [-0.25, -0.2) is 4.31 Å². The summed E-state index contributed by atoms with van der Waals surface area (Å²) >= 11 is 2.08. The van der Waals surface area contributed by atoms with Crippen LogP contribution in [0.1, 0.15) is 26.7 Å². The smallest absolute Gasteiger partial charge is 0.0477 e. The predicted octanol–water partition coefficient (Wildman–Crippen LogP) is 1.84. The monoisotopic (exact) mass is 244 g/mol. The van der Waals surface area contributed by atoms with Crippen molar-refractivity contribution in [1.29, 1.82) is 0 Å². The molecule has 0 atom stereocenters. The van der Waals surface area contributed by atoms with Crippen LogP contribution in [0.3, 0.4) is 0 Å². The van der Waals surface area contributed by atoms with E-state index in [1.165, 1.54) is 39.0 Å². The van der Waals surface area contributed by atoms with E-state index >= 15 is 0 Å². The van der Waals surface area contributed by atoms with Crippen molar-refractivity contribution in [3.05, 3.63) is 0 Å². The first-order valence-corrected chi connectivity index (χ1v) is 7.33. The second-order valence-corrected chi connectivity index (χ2v) is 6.37. The van der Waals surface area contributed by atoms with Crippen LogP contribution in [0.5, 0.6) is 0 Å². The van der Waals surface area contributed by atoms with Crippen molar-refractivity contribution in [2.75, 3.05) is 39.4 Å². The van der Waals surface area contributed by atoms with Crippen molar-refractivity contribution < 1.29 is 4.74 Å². The van der Waals surface area contributed by atoms with Crippen LogP contribution in [-0.2, 0) is 4.74 Å². The second-order valence-electron chi connectivity index (χ2n) is 4.98. The number of hydrogen-bond acceptors (Lipinski definition) is 4. The minimum absolute atomic E-state index is 0.704. The number of piperazine rings is 1. The Morgan fingerprint density at radius 3 is 2.25 bits per heavy atom. The fourth-order valence-electron chi connectivity index (χ4n) is 2.32. The SMILES string of the molecule is CC(C)N1CCN(SC2CCOCC2)CC1. The number of ether oxygens (including phenoxy) is 1. The van der Waals surface area contributed by atoms with Crippen LogP contribution >= 0.6 is 11.9 Å². The van der Waals surface area contributed by atoms with Gasteiger partial charge < -0.3 is 4.74 Å². The lowest BCUT2D eigenvalue weighted by atomic mass is 10.2. The lowest BCUT2D eigenvalue weighted by molar-refractivity contribution is 0.0986. The summed E-state index contributed by atoms with van der Waals surface area (Å²) < 4.78 is 7.96. The Labute approximate surface area is 104 Å². The molecule has 0 aromatic carbocycles. The first kappa shape index (κ1) is 12.7. The Kier molecular flexibility index (Phi) is 4.95. The molecule has 2 heterocycles. The van der Waals surface area contributed by atoms with Crippen molar-refractivity contribution in [3.63, 3.8) is 0 Å². The summed E-state index contributed by atoms with van der Waals surface area (Å²) in [5, 5.41) is 0.805. The first-order chi connectivity index (χ1) is 7.75. The first-order valence-electron chi connectivity index (χ1n) is 6.49. The van der Waals surface area contributed by atoms with E-state index in [1.807, 2.05) is 0 Å². The summed E-state index contributed by atoms with van der Waals surface area (Å²) in [6.07, 6.45) is 2.46. The standard InChI is InChI=1S/C12H24N2OS/c1-11(2)13-5-7-14(8-6-13)16-12-3-9-15-10-4-12/h11-12H,3-10H2,1-2H3. The van der Waals surface area contributed by atoms with Crippen LogP contribution < -0.4 is 0 Å². The van der Waals surface area contributed by atoms with Crippen LogP contribution in [0.4, 0.5) is 0 Å². The Balaban J connectivity index is 1.68. The molecule has 0 N–H and O–H groups in total. The third-order valence-corrected chi connectivity index (χ3v) is 4.90. The Morgan fingerprint density at radius 2 is 1.69 bits per heavy atom. The molecular weight excluding hydrogens is 220 g/mol. The highest BCUT2D eigenvalue weighted by molar-refractivity contribution is 7.97. The molecule has 0 bridgehead atoms. The molecule has 0 aromatic rings. The highest BCUT2D eigenvalue weighted by Gasteiger charge is 2.23. The molecule has 0 amide bonds. The molecule has 0 aliphatic carbocycles. The third kappa shape index (κ3) is 3.62. The van der Waals surface area contributed by atoms with E-state index in [2.05, 4.69) is 35.0 Å². The topological polar surface area (TPSA) is 15.7 Å². The van der Waals surface area contributed by atoms with E-state index in [0.717, 1.165) is 18.5 Å². The maximum atomic E-state index is 5.40. The molecule has 3 nitrogen and oxygen atoms in total. The lowest BCUT2D eigenvalue weighted by Crippen LogP contribution is -2.47. The normalized spacial score (nSPS) is 26.4. The molecule has 2 rings (SSSR count). The molecule has 2 aliphatic rings. The quantitative estimate of drug-likeness (QED) is 0.704. The van der Waals surface area contributed by atoms with E-state index in [-0.39, 0.29) is 0 Å². The number of rotatable bonds is 3. The van der Waals surface area contributed by atoms with Gasteiger partial charge in [0.25, 0.3) is 0 Å². The molecule has 0 spiro atoms. The Hall–Kier alpha value is 0.230. The van der Waals surface area contributed by atoms with E-state index in [9.17, 15) is 0 Å². The summed E-state index contributed by atoms with van der Waals surface area (Å²) in [6.45, 7) is 11.4. The van der Waals surface area contributed by atoms with Gasteiger partial charge >= 0.3 is 0 Å². The molecule has 94 valence electrons. The summed E-state index contributed by atoms with van der Waals surface area (Å²) in [4.78, 5) is 2.57. The van der Waals surface area contributed by atoms with Crippen molar-refractivity contribution in [1.82, 2.24) is 9.21 Å². The zero-order valence-corrected chi connectivity index (χ0v) is 11.3. The summed E-state index contributed by atoms with van der Waals surface area (Å²) in [5.41, 5.74) is 0. The molecule has 2 aliphatic heterocycles. The van der Waals surface area contributed by atoms with Gasteiger partial charge in [0.05, 0.1) is 0 Å². The second kappa shape index (κ2) is 6.24.